The van der Waals surface area contributed by atoms with Crippen molar-refractivity contribution in [1.29, 1.82) is 0 Å². The zero-order chi connectivity index (χ0) is 15.3. The first kappa shape index (κ1) is 17.0. The first-order valence-electron chi connectivity index (χ1n) is 7.02. The van der Waals surface area contributed by atoms with Gasteiger partial charge in [-0.25, -0.2) is 0 Å². The fraction of sp³-hybridized carbons (Fsp3) is 0.714. The zero-order valence-corrected chi connectivity index (χ0v) is 13.7. The summed E-state index contributed by atoms with van der Waals surface area (Å²) in [5.74, 6) is -0.211. The minimum atomic E-state index is -0.211. The van der Waals surface area contributed by atoms with Gasteiger partial charge in [-0.3, -0.25) is 14.4 Å². The molecule has 0 aliphatic heterocycles. The molecule has 1 rings (SSSR count). The number of ether oxygens (including phenoxy) is 1. The second kappa shape index (κ2) is 7.64. The van der Waals surface area contributed by atoms with Crippen LogP contribution in [0, 0.1) is 6.92 Å². The second-order valence-corrected chi connectivity index (χ2v) is 5.34. The molecule has 1 heterocycles. The Bertz CT molecular complexity index is 458. The largest absolute Gasteiger partial charge is 0.465 e. The Morgan fingerprint density at radius 1 is 1.45 bits per heavy atom. The third kappa shape index (κ3) is 4.21. The summed E-state index contributed by atoms with van der Waals surface area (Å²) < 4.78 is 6.90. The summed E-state index contributed by atoms with van der Waals surface area (Å²) in [6.07, 6.45) is 0. The number of carbonyl (C=O) groups is 1. The van der Waals surface area contributed by atoms with Crippen molar-refractivity contribution >= 4 is 17.6 Å². The molecule has 20 heavy (non-hydrogen) atoms. The smallest absolute Gasteiger partial charge is 0.320 e. The summed E-state index contributed by atoms with van der Waals surface area (Å²) in [5.41, 5.74) is 1.77. The van der Waals surface area contributed by atoms with E-state index in [2.05, 4.69) is 5.10 Å². The van der Waals surface area contributed by atoms with E-state index in [-0.39, 0.29) is 18.6 Å². The number of esters is 1. The Labute approximate surface area is 125 Å². The molecular weight excluding hydrogens is 278 g/mol. The third-order valence-electron chi connectivity index (χ3n) is 3.17. The van der Waals surface area contributed by atoms with Gasteiger partial charge < -0.3 is 4.74 Å². The van der Waals surface area contributed by atoms with E-state index >= 15 is 0 Å². The molecule has 0 saturated heterocycles. The molecule has 0 spiro atoms. The highest BCUT2D eigenvalue weighted by Gasteiger charge is 2.20. The van der Waals surface area contributed by atoms with Gasteiger partial charge in [-0.05, 0) is 34.6 Å². The molecule has 0 bridgehead atoms. The molecule has 1 aromatic heterocycles. The SMILES string of the molecule is CCOC(=O)CN(Cc1c(Cl)c(C)nn1CC)C(C)C. The van der Waals surface area contributed by atoms with Crippen LogP contribution in [-0.2, 0) is 22.6 Å². The van der Waals surface area contributed by atoms with Crippen molar-refractivity contribution < 1.29 is 9.53 Å². The summed E-state index contributed by atoms with van der Waals surface area (Å²) in [7, 11) is 0. The Morgan fingerprint density at radius 2 is 2.10 bits per heavy atom. The van der Waals surface area contributed by atoms with Crippen LogP contribution < -0.4 is 0 Å². The summed E-state index contributed by atoms with van der Waals surface area (Å²) in [5, 5.41) is 5.08. The van der Waals surface area contributed by atoms with Crippen LogP contribution in [0.5, 0.6) is 0 Å². The van der Waals surface area contributed by atoms with Gasteiger partial charge in [-0.15, -0.1) is 0 Å². The van der Waals surface area contributed by atoms with Gasteiger partial charge in [0.05, 0.1) is 29.6 Å². The molecule has 5 nitrogen and oxygen atoms in total. The van der Waals surface area contributed by atoms with Gasteiger partial charge in [0.2, 0.25) is 0 Å². The standard InChI is InChI=1S/C14H24ClN3O2/c1-6-18-12(14(15)11(5)16-18)8-17(10(3)4)9-13(19)20-7-2/h10H,6-9H2,1-5H3. The first-order chi connectivity index (χ1) is 9.40. The van der Waals surface area contributed by atoms with Crippen molar-refractivity contribution in [3.8, 4) is 0 Å². The van der Waals surface area contributed by atoms with Gasteiger partial charge in [-0.1, -0.05) is 11.6 Å². The van der Waals surface area contributed by atoms with Crippen molar-refractivity contribution in [2.24, 2.45) is 0 Å². The molecule has 0 N–H and O–H groups in total. The Kier molecular flexibility index (Phi) is 6.49. The van der Waals surface area contributed by atoms with E-state index in [1.165, 1.54) is 0 Å². The van der Waals surface area contributed by atoms with Crippen LogP contribution in [0.2, 0.25) is 5.02 Å². The monoisotopic (exact) mass is 301 g/mol. The lowest BCUT2D eigenvalue weighted by Gasteiger charge is -2.25. The normalized spacial score (nSPS) is 11.4. The Morgan fingerprint density at radius 3 is 2.60 bits per heavy atom. The number of carbonyl (C=O) groups excluding carboxylic acids is 1. The maximum absolute atomic E-state index is 11.7. The Hall–Kier alpha value is -1.07. The Balaban J connectivity index is 2.88. The van der Waals surface area contributed by atoms with Gasteiger partial charge in [0.25, 0.3) is 0 Å². The van der Waals surface area contributed by atoms with E-state index in [0.29, 0.717) is 18.2 Å². The predicted molar refractivity (Wildman–Crippen MR) is 79.8 cm³/mol. The molecule has 0 radical (unpaired) electrons. The quantitative estimate of drug-likeness (QED) is 0.726. The zero-order valence-electron chi connectivity index (χ0n) is 12.9. The van der Waals surface area contributed by atoms with Crippen molar-refractivity contribution in [1.82, 2.24) is 14.7 Å². The molecule has 0 amide bonds. The summed E-state index contributed by atoms with van der Waals surface area (Å²) in [6, 6.07) is 0.219. The molecule has 0 saturated carbocycles. The van der Waals surface area contributed by atoms with Crippen LogP contribution >= 0.6 is 11.6 Å². The number of hydrogen-bond donors (Lipinski definition) is 0. The van der Waals surface area contributed by atoms with E-state index in [1.54, 1.807) is 0 Å². The van der Waals surface area contributed by atoms with Gasteiger partial charge in [0.1, 0.15) is 0 Å². The van der Waals surface area contributed by atoms with Crippen LogP contribution in [-0.4, -0.2) is 39.8 Å². The lowest BCUT2D eigenvalue weighted by atomic mass is 10.2. The van der Waals surface area contributed by atoms with E-state index in [0.717, 1.165) is 17.9 Å². The van der Waals surface area contributed by atoms with Crippen LogP contribution in [0.25, 0.3) is 0 Å². The minimum absolute atomic E-state index is 0.211. The summed E-state index contributed by atoms with van der Waals surface area (Å²) in [4.78, 5) is 13.7. The van der Waals surface area contributed by atoms with Gasteiger partial charge >= 0.3 is 5.97 Å². The van der Waals surface area contributed by atoms with E-state index in [1.807, 2.05) is 44.2 Å². The fourth-order valence-corrected chi connectivity index (χ4v) is 2.20. The number of rotatable bonds is 7. The molecule has 1 aromatic rings. The first-order valence-corrected chi connectivity index (χ1v) is 7.39. The maximum atomic E-state index is 11.7. The van der Waals surface area contributed by atoms with Gasteiger partial charge in [-0.2, -0.15) is 5.10 Å². The van der Waals surface area contributed by atoms with E-state index in [4.69, 9.17) is 16.3 Å². The third-order valence-corrected chi connectivity index (χ3v) is 3.67. The van der Waals surface area contributed by atoms with Crippen LogP contribution in [0.3, 0.4) is 0 Å². The highest BCUT2D eigenvalue weighted by molar-refractivity contribution is 6.31. The highest BCUT2D eigenvalue weighted by Crippen LogP contribution is 2.22. The van der Waals surface area contributed by atoms with Crippen molar-refractivity contribution in [2.45, 2.75) is 53.8 Å². The number of nitrogens with zero attached hydrogens (tertiary/aromatic N) is 3. The second-order valence-electron chi connectivity index (χ2n) is 4.97. The molecule has 6 heteroatoms. The van der Waals surface area contributed by atoms with Crippen LogP contribution in [0.1, 0.15) is 39.1 Å². The molecular formula is C14H24ClN3O2. The number of hydrogen-bond acceptors (Lipinski definition) is 4. The predicted octanol–water partition coefficient (Wildman–Crippen LogP) is 2.64. The van der Waals surface area contributed by atoms with Gasteiger partial charge in [0.15, 0.2) is 0 Å². The maximum Gasteiger partial charge on any atom is 0.320 e. The van der Waals surface area contributed by atoms with Crippen LogP contribution in [0.15, 0.2) is 0 Å². The minimum Gasteiger partial charge on any atom is -0.465 e. The highest BCUT2D eigenvalue weighted by atomic mass is 35.5. The topological polar surface area (TPSA) is 47.4 Å². The van der Waals surface area contributed by atoms with Gasteiger partial charge in [0, 0.05) is 19.1 Å². The summed E-state index contributed by atoms with van der Waals surface area (Å²) in [6.45, 7) is 11.8. The molecule has 0 aromatic carbocycles. The number of aryl methyl sites for hydroxylation is 2. The number of halogens is 1. The van der Waals surface area contributed by atoms with Crippen molar-refractivity contribution in [2.75, 3.05) is 13.2 Å². The molecule has 0 aliphatic carbocycles. The molecule has 0 unspecified atom stereocenters. The molecule has 114 valence electrons. The van der Waals surface area contributed by atoms with Crippen molar-refractivity contribution in [3.05, 3.63) is 16.4 Å². The average Bonchev–Trinajstić information content (AvgIpc) is 2.65. The fourth-order valence-electron chi connectivity index (χ4n) is 2.01. The number of aromatic nitrogens is 2. The molecule has 0 atom stereocenters. The van der Waals surface area contributed by atoms with Crippen molar-refractivity contribution in [3.63, 3.8) is 0 Å². The molecule has 0 fully saturated rings. The lowest BCUT2D eigenvalue weighted by Crippen LogP contribution is -2.36. The lowest BCUT2D eigenvalue weighted by molar-refractivity contribution is -0.145. The van der Waals surface area contributed by atoms with Crippen LogP contribution in [0.4, 0.5) is 0 Å². The summed E-state index contributed by atoms with van der Waals surface area (Å²) >= 11 is 6.31. The molecule has 0 aliphatic rings. The van der Waals surface area contributed by atoms with E-state index in [9.17, 15) is 4.79 Å². The van der Waals surface area contributed by atoms with E-state index < -0.39 is 0 Å². The average molecular weight is 302 g/mol.